The first kappa shape index (κ1) is 16.3. The average molecular weight is 293 g/mol. The summed E-state index contributed by atoms with van der Waals surface area (Å²) in [5.41, 5.74) is 0.280. The van der Waals surface area contributed by atoms with E-state index >= 15 is 0 Å². The third kappa shape index (κ3) is 3.25. The number of hydrogen-bond donors (Lipinski definition) is 1. The van der Waals surface area contributed by atoms with Gasteiger partial charge in [-0.1, -0.05) is 27.7 Å². The topological polar surface area (TPSA) is 39.1 Å². The van der Waals surface area contributed by atoms with Crippen molar-refractivity contribution in [2.75, 3.05) is 6.54 Å². The van der Waals surface area contributed by atoms with E-state index in [-0.39, 0.29) is 5.41 Å². The van der Waals surface area contributed by atoms with Crippen molar-refractivity contribution in [3.63, 3.8) is 0 Å². The Morgan fingerprint density at radius 2 is 2.05 bits per heavy atom. The molecule has 2 rings (SSSR count). The molecule has 0 bridgehead atoms. The minimum absolute atomic E-state index is 0.280. The molecular formula is C17H31N3O. The predicted molar refractivity (Wildman–Crippen MR) is 86.6 cm³/mol. The molecular weight excluding hydrogens is 262 g/mol. The number of aromatic nitrogens is 2. The van der Waals surface area contributed by atoms with Crippen LogP contribution >= 0.6 is 0 Å². The van der Waals surface area contributed by atoms with Crippen LogP contribution in [0.1, 0.15) is 59.8 Å². The minimum Gasteiger partial charge on any atom is -0.486 e. The van der Waals surface area contributed by atoms with Crippen molar-refractivity contribution in [3.8, 4) is 5.75 Å². The molecule has 2 atom stereocenters. The van der Waals surface area contributed by atoms with Gasteiger partial charge in [0, 0.05) is 24.4 Å². The lowest BCUT2D eigenvalue weighted by Crippen LogP contribution is -2.64. The van der Waals surface area contributed by atoms with Crippen LogP contribution < -0.4 is 10.1 Å². The summed E-state index contributed by atoms with van der Waals surface area (Å²) in [5.74, 6) is 0.925. The highest BCUT2D eigenvalue weighted by Crippen LogP contribution is 2.48. The summed E-state index contributed by atoms with van der Waals surface area (Å²) in [6.45, 7) is 11.0. The zero-order valence-corrected chi connectivity index (χ0v) is 14.1. The molecule has 1 aliphatic carbocycles. The van der Waals surface area contributed by atoms with Crippen LogP contribution in [0.5, 0.6) is 5.75 Å². The largest absolute Gasteiger partial charge is 0.486 e. The van der Waals surface area contributed by atoms with Crippen LogP contribution in [-0.4, -0.2) is 28.5 Å². The minimum atomic E-state index is 0.280. The summed E-state index contributed by atoms with van der Waals surface area (Å²) in [6.07, 6.45) is 9.95. The maximum absolute atomic E-state index is 6.26. The monoisotopic (exact) mass is 293 g/mol. The van der Waals surface area contributed by atoms with Gasteiger partial charge in [0.1, 0.15) is 6.10 Å². The molecule has 1 aromatic heterocycles. The standard InChI is InChI=1S/C17H31N3O/c1-5-9-18-15-11-16(17(15,7-3)8-4)21-14-12-19-20(13-14)10-6-2/h12-13,15-16,18H,5-11H2,1-4H3. The Hall–Kier alpha value is -1.03. The normalized spacial score (nSPS) is 23.8. The predicted octanol–water partition coefficient (Wildman–Crippen LogP) is 3.62. The number of nitrogens with zero attached hydrogens (tertiary/aromatic N) is 2. The maximum Gasteiger partial charge on any atom is 0.157 e. The van der Waals surface area contributed by atoms with E-state index < -0.39 is 0 Å². The molecule has 1 aliphatic rings. The molecule has 2 unspecified atom stereocenters. The Morgan fingerprint density at radius 3 is 2.67 bits per heavy atom. The summed E-state index contributed by atoms with van der Waals surface area (Å²) < 4.78 is 8.23. The molecule has 0 saturated heterocycles. The van der Waals surface area contributed by atoms with Crippen LogP contribution in [0.15, 0.2) is 12.4 Å². The van der Waals surface area contributed by atoms with E-state index in [0.717, 1.165) is 31.7 Å². The summed E-state index contributed by atoms with van der Waals surface area (Å²) in [4.78, 5) is 0. The first-order valence-electron chi connectivity index (χ1n) is 8.62. The Kier molecular flexibility index (Phi) is 5.68. The van der Waals surface area contributed by atoms with Gasteiger partial charge in [0.05, 0.1) is 12.4 Å². The van der Waals surface area contributed by atoms with Crippen molar-refractivity contribution in [3.05, 3.63) is 12.4 Å². The van der Waals surface area contributed by atoms with Gasteiger partial charge in [-0.15, -0.1) is 0 Å². The third-order valence-electron chi connectivity index (χ3n) is 5.08. The number of rotatable bonds is 9. The van der Waals surface area contributed by atoms with Gasteiger partial charge < -0.3 is 10.1 Å². The molecule has 4 nitrogen and oxygen atoms in total. The third-order valence-corrected chi connectivity index (χ3v) is 5.08. The number of aryl methyl sites for hydroxylation is 1. The van der Waals surface area contributed by atoms with Crippen LogP contribution in [0.4, 0.5) is 0 Å². The lowest BCUT2D eigenvalue weighted by Gasteiger charge is -2.55. The lowest BCUT2D eigenvalue weighted by atomic mass is 9.58. The maximum atomic E-state index is 6.26. The van der Waals surface area contributed by atoms with Crippen LogP contribution in [0.25, 0.3) is 0 Å². The van der Waals surface area contributed by atoms with Crippen molar-refractivity contribution in [1.82, 2.24) is 15.1 Å². The zero-order chi connectivity index (χ0) is 15.3. The molecule has 0 amide bonds. The summed E-state index contributed by atoms with van der Waals surface area (Å²) in [5, 5.41) is 8.06. The van der Waals surface area contributed by atoms with E-state index in [1.165, 1.54) is 19.3 Å². The second kappa shape index (κ2) is 7.30. The summed E-state index contributed by atoms with van der Waals surface area (Å²) >= 11 is 0. The molecule has 1 aromatic rings. The van der Waals surface area contributed by atoms with E-state index in [4.69, 9.17) is 4.74 Å². The molecule has 0 radical (unpaired) electrons. The van der Waals surface area contributed by atoms with Gasteiger partial charge in [-0.3, -0.25) is 4.68 Å². The first-order chi connectivity index (χ1) is 10.2. The number of ether oxygens (including phenoxy) is 1. The van der Waals surface area contributed by atoms with Gasteiger partial charge in [-0.05, 0) is 32.2 Å². The number of hydrogen-bond acceptors (Lipinski definition) is 3. The molecule has 0 aliphatic heterocycles. The fourth-order valence-electron chi connectivity index (χ4n) is 3.64. The smallest absolute Gasteiger partial charge is 0.157 e. The Balaban J connectivity index is 1.98. The van der Waals surface area contributed by atoms with Crippen LogP contribution in [0.3, 0.4) is 0 Å². The van der Waals surface area contributed by atoms with Gasteiger partial charge >= 0.3 is 0 Å². The lowest BCUT2D eigenvalue weighted by molar-refractivity contribution is -0.0858. The molecule has 4 heteroatoms. The fourth-order valence-corrected chi connectivity index (χ4v) is 3.64. The highest BCUT2D eigenvalue weighted by molar-refractivity contribution is 5.16. The molecule has 1 fully saturated rings. The highest BCUT2D eigenvalue weighted by Gasteiger charge is 2.54. The SMILES string of the molecule is CCCNC1CC(Oc2cnn(CCC)c2)C1(CC)CC. The molecule has 21 heavy (non-hydrogen) atoms. The second-order valence-corrected chi connectivity index (χ2v) is 6.23. The average Bonchev–Trinajstić information content (AvgIpc) is 2.91. The van der Waals surface area contributed by atoms with Crippen molar-refractivity contribution in [1.29, 1.82) is 0 Å². The van der Waals surface area contributed by atoms with E-state index in [0.29, 0.717) is 12.1 Å². The van der Waals surface area contributed by atoms with Crippen LogP contribution in [-0.2, 0) is 6.54 Å². The van der Waals surface area contributed by atoms with Gasteiger partial charge in [0.25, 0.3) is 0 Å². The Bertz CT molecular complexity index is 425. The van der Waals surface area contributed by atoms with Crippen molar-refractivity contribution < 1.29 is 4.74 Å². The van der Waals surface area contributed by atoms with Crippen molar-refractivity contribution in [2.45, 2.75) is 78.5 Å². The fraction of sp³-hybridized carbons (Fsp3) is 0.824. The molecule has 0 spiro atoms. The zero-order valence-electron chi connectivity index (χ0n) is 14.1. The highest BCUT2D eigenvalue weighted by atomic mass is 16.5. The van der Waals surface area contributed by atoms with E-state index in [1.807, 2.05) is 17.1 Å². The van der Waals surface area contributed by atoms with E-state index in [9.17, 15) is 0 Å². The first-order valence-corrected chi connectivity index (χ1v) is 8.62. The Morgan fingerprint density at radius 1 is 1.29 bits per heavy atom. The van der Waals surface area contributed by atoms with Crippen LogP contribution in [0.2, 0.25) is 0 Å². The van der Waals surface area contributed by atoms with E-state index in [2.05, 4.69) is 38.1 Å². The van der Waals surface area contributed by atoms with Gasteiger partial charge in [-0.25, -0.2) is 0 Å². The van der Waals surface area contributed by atoms with Crippen molar-refractivity contribution in [2.24, 2.45) is 5.41 Å². The van der Waals surface area contributed by atoms with Crippen molar-refractivity contribution >= 4 is 0 Å². The van der Waals surface area contributed by atoms with Gasteiger partial charge in [0.2, 0.25) is 0 Å². The summed E-state index contributed by atoms with van der Waals surface area (Å²) in [6, 6.07) is 0.600. The molecule has 120 valence electrons. The Labute approximate surface area is 129 Å². The molecule has 1 heterocycles. The van der Waals surface area contributed by atoms with Crippen LogP contribution in [0, 0.1) is 5.41 Å². The molecule has 1 N–H and O–H groups in total. The summed E-state index contributed by atoms with van der Waals surface area (Å²) in [7, 11) is 0. The second-order valence-electron chi connectivity index (χ2n) is 6.23. The molecule has 0 aromatic carbocycles. The quantitative estimate of drug-likeness (QED) is 0.756. The molecule has 1 saturated carbocycles. The van der Waals surface area contributed by atoms with E-state index in [1.54, 1.807) is 0 Å². The van der Waals surface area contributed by atoms with Gasteiger partial charge in [-0.2, -0.15) is 5.10 Å². The van der Waals surface area contributed by atoms with Gasteiger partial charge in [0.15, 0.2) is 5.75 Å². The number of nitrogens with one attached hydrogen (secondary N) is 1.